The van der Waals surface area contributed by atoms with E-state index in [2.05, 4.69) is 9.97 Å². The number of ether oxygens (including phenoxy) is 1. The molecule has 3 rings (SSSR count). The summed E-state index contributed by atoms with van der Waals surface area (Å²) in [6, 6.07) is 4.85. The number of nitrogens with zero attached hydrogens (tertiary/aromatic N) is 3. The first kappa shape index (κ1) is 15.9. The van der Waals surface area contributed by atoms with Crippen LogP contribution in [-0.2, 0) is 4.74 Å². The number of aromatic nitrogens is 3. The van der Waals surface area contributed by atoms with E-state index < -0.39 is 11.9 Å². The number of ketones is 1. The zero-order valence-corrected chi connectivity index (χ0v) is 13.4. The molecule has 2 heterocycles. The maximum atomic E-state index is 12.8. The Bertz CT molecular complexity index is 937. The predicted octanol–water partition coefficient (Wildman–Crippen LogP) is 2.90. The van der Waals surface area contributed by atoms with E-state index in [1.54, 1.807) is 25.1 Å². The number of carbonyl (C=O) groups excluding carboxylic acids is 2. The van der Waals surface area contributed by atoms with Crippen molar-refractivity contribution in [3.05, 3.63) is 53.2 Å². The molecule has 3 aromatic rings. The number of nitrogen functional groups attached to an aromatic ring is 1. The number of halogens is 1. The van der Waals surface area contributed by atoms with Gasteiger partial charge in [0.1, 0.15) is 12.0 Å². The third-order valence-electron chi connectivity index (χ3n) is 3.46. The number of benzene rings is 1. The van der Waals surface area contributed by atoms with Crippen molar-refractivity contribution < 1.29 is 14.3 Å². The largest absolute Gasteiger partial charge is 0.449 e. The smallest absolute Gasteiger partial charge is 0.419 e. The molecule has 0 aliphatic rings. The van der Waals surface area contributed by atoms with Gasteiger partial charge in [-0.15, -0.1) is 0 Å². The van der Waals surface area contributed by atoms with Crippen LogP contribution in [0.4, 0.5) is 10.5 Å². The predicted molar refractivity (Wildman–Crippen MR) is 89.2 cm³/mol. The maximum Gasteiger partial charge on any atom is 0.419 e. The van der Waals surface area contributed by atoms with Crippen molar-refractivity contribution in [2.45, 2.75) is 6.92 Å². The summed E-state index contributed by atoms with van der Waals surface area (Å²) >= 11 is 6.02. The molecule has 0 bridgehead atoms. The van der Waals surface area contributed by atoms with E-state index in [-0.39, 0.29) is 23.6 Å². The van der Waals surface area contributed by atoms with Crippen LogP contribution >= 0.6 is 11.6 Å². The topological polar surface area (TPSA) is 100 Å². The van der Waals surface area contributed by atoms with Crippen molar-refractivity contribution in [1.29, 1.82) is 0 Å². The molecule has 0 radical (unpaired) electrons. The van der Waals surface area contributed by atoms with Gasteiger partial charge in [0.05, 0.1) is 23.4 Å². The molecule has 1 aromatic carbocycles. The lowest BCUT2D eigenvalue weighted by atomic mass is 10.1. The molecule has 2 N–H and O–H groups in total. The lowest BCUT2D eigenvalue weighted by Crippen LogP contribution is -2.20. The minimum absolute atomic E-state index is 0.000478. The molecular weight excluding hydrogens is 332 g/mol. The van der Waals surface area contributed by atoms with Gasteiger partial charge in [-0.3, -0.25) is 4.79 Å². The van der Waals surface area contributed by atoms with Crippen molar-refractivity contribution in [3.63, 3.8) is 0 Å². The van der Waals surface area contributed by atoms with Crippen LogP contribution in [0.2, 0.25) is 5.02 Å². The van der Waals surface area contributed by atoms with Gasteiger partial charge in [0.25, 0.3) is 0 Å². The van der Waals surface area contributed by atoms with Crippen LogP contribution in [0.25, 0.3) is 10.9 Å². The Morgan fingerprint density at radius 2 is 2.00 bits per heavy atom. The molecule has 2 aromatic heterocycles. The molecule has 0 saturated heterocycles. The van der Waals surface area contributed by atoms with Crippen LogP contribution in [0, 0.1) is 0 Å². The highest BCUT2D eigenvalue weighted by Gasteiger charge is 2.27. The second-order valence-corrected chi connectivity index (χ2v) is 5.35. The quantitative estimate of drug-likeness (QED) is 0.733. The fourth-order valence-corrected chi connectivity index (χ4v) is 2.61. The number of hydrogen-bond acceptors (Lipinski definition) is 6. The SMILES string of the molecule is CCOC(=O)n1c(C(=O)c2cncnc2)c(N)c2ccc(Cl)cc21. The van der Waals surface area contributed by atoms with Gasteiger partial charge in [0, 0.05) is 22.8 Å². The van der Waals surface area contributed by atoms with Crippen molar-refractivity contribution >= 4 is 40.1 Å². The minimum atomic E-state index is -0.707. The zero-order valence-electron chi connectivity index (χ0n) is 12.7. The Hall–Kier alpha value is -2.93. The molecule has 0 aliphatic carbocycles. The van der Waals surface area contributed by atoms with Gasteiger partial charge >= 0.3 is 6.09 Å². The van der Waals surface area contributed by atoms with Gasteiger partial charge in [-0.1, -0.05) is 11.6 Å². The fraction of sp³-hybridized carbons (Fsp3) is 0.125. The lowest BCUT2D eigenvalue weighted by Gasteiger charge is -2.09. The highest BCUT2D eigenvalue weighted by atomic mass is 35.5. The van der Waals surface area contributed by atoms with E-state index in [4.69, 9.17) is 22.1 Å². The maximum absolute atomic E-state index is 12.8. The number of rotatable bonds is 3. The normalized spacial score (nSPS) is 10.8. The Balaban J connectivity index is 2.30. The number of anilines is 1. The molecule has 0 saturated carbocycles. The Kier molecular flexibility index (Phi) is 4.18. The monoisotopic (exact) mass is 344 g/mol. The molecule has 0 aliphatic heterocycles. The van der Waals surface area contributed by atoms with Crippen molar-refractivity contribution in [1.82, 2.24) is 14.5 Å². The van der Waals surface area contributed by atoms with Crippen LogP contribution in [0.3, 0.4) is 0 Å². The summed E-state index contributed by atoms with van der Waals surface area (Å²) in [4.78, 5) is 32.9. The van der Waals surface area contributed by atoms with E-state index in [1.165, 1.54) is 18.7 Å². The Morgan fingerprint density at radius 1 is 1.29 bits per heavy atom. The van der Waals surface area contributed by atoms with Gasteiger partial charge in [-0.05, 0) is 25.1 Å². The van der Waals surface area contributed by atoms with Gasteiger partial charge in [0.2, 0.25) is 5.78 Å². The van der Waals surface area contributed by atoms with Gasteiger partial charge in [-0.2, -0.15) is 0 Å². The van der Waals surface area contributed by atoms with Crippen molar-refractivity contribution in [2.24, 2.45) is 0 Å². The highest BCUT2D eigenvalue weighted by Crippen LogP contribution is 2.32. The molecule has 0 spiro atoms. The summed E-state index contributed by atoms with van der Waals surface area (Å²) in [5.41, 5.74) is 6.91. The summed E-state index contributed by atoms with van der Waals surface area (Å²) in [6.45, 7) is 1.83. The summed E-state index contributed by atoms with van der Waals surface area (Å²) in [5.74, 6) is -0.478. The standard InChI is InChI=1S/C16H13ClN4O3/c1-2-24-16(23)21-12-5-10(17)3-4-11(12)13(18)14(21)15(22)9-6-19-8-20-7-9/h3-8H,2,18H2,1H3. The summed E-state index contributed by atoms with van der Waals surface area (Å²) in [7, 11) is 0. The first-order chi connectivity index (χ1) is 11.5. The zero-order chi connectivity index (χ0) is 17.3. The van der Waals surface area contributed by atoms with Crippen LogP contribution in [0.5, 0.6) is 0 Å². The highest BCUT2D eigenvalue weighted by molar-refractivity contribution is 6.31. The number of hydrogen-bond donors (Lipinski definition) is 1. The molecule has 7 nitrogen and oxygen atoms in total. The Morgan fingerprint density at radius 3 is 2.67 bits per heavy atom. The van der Waals surface area contributed by atoms with E-state index in [1.807, 2.05) is 0 Å². The average molecular weight is 345 g/mol. The molecule has 0 amide bonds. The number of nitrogens with two attached hydrogens (primary N) is 1. The van der Waals surface area contributed by atoms with Crippen LogP contribution < -0.4 is 5.73 Å². The third-order valence-corrected chi connectivity index (χ3v) is 3.69. The van der Waals surface area contributed by atoms with Crippen LogP contribution in [-0.4, -0.2) is 33.0 Å². The molecule has 24 heavy (non-hydrogen) atoms. The van der Waals surface area contributed by atoms with Gasteiger partial charge in [0.15, 0.2) is 0 Å². The van der Waals surface area contributed by atoms with Crippen molar-refractivity contribution in [2.75, 3.05) is 12.3 Å². The summed E-state index contributed by atoms with van der Waals surface area (Å²) in [5, 5.41) is 0.945. The first-order valence-electron chi connectivity index (χ1n) is 7.10. The molecule has 8 heteroatoms. The van der Waals surface area contributed by atoms with Gasteiger partial charge in [-0.25, -0.2) is 19.3 Å². The van der Waals surface area contributed by atoms with E-state index in [9.17, 15) is 9.59 Å². The first-order valence-corrected chi connectivity index (χ1v) is 7.48. The second-order valence-electron chi connectivity index (χ2n) is 4.91. The molecule has 0 unspecified atom stereocenters. The lowest BCUT2D eigenvalue weighted by molar-refractivity contribution is 0.102. The second kappa shape index (κ2) is 6.29. The molecular formula is C16H13ClN4O3. The number of fused-ring (bicyclic) bond motifs is 1. The van der Waals surface area contributed by atoms with E-state index in [0.29, 0.717) is 15.9 Å². The minimum Gasteiger partial charge on any atom is -0.449 e. The average Bonchev–Trinajstić information content (AvgIpc) is 2.87. The Labute approximate surface area is 142 Å². The molecule has 122 valence electrons. The van der Waals surface area contributed by atoms with Crippen LogP contribution in [0.1, 0.15) is 23.0 Å². The van der Waals surface area contributed by atoms with Crippen molar-refractivity contribution in [3.8, 4) is 0 Å². The fourth-order valence-electron chi connectivity index (χ4n) is 2.44. The molecule has 0 fully saturated rings. The summed E-state index contributed by atoms with van der Waals surface area (Å²) < 4.78 is 6.19. The van der Waals surface area contributed by atoms with Crippen LogP contribution in [0.15, 0.2) is 36.9 Å². The van der Waals surface area contributed by atoms with Gasteiger partial charge < -0.3 is 10.5 Å². The van der Waals surface area contributed by atoms with E-state index in [0.717, 1.165) is 4.57 Å². The number of carbonyl (C=O) groups is 2. The molecule has 0 atom stereocenters. The van der Waals surface area contributed by atoms with E-state index >= 15 is 0 Å². The third kappa shape index (κ3) is 2.59. The summed E-state index contributed by atoms with van der Waals surface area (Å²) in [6.07, 6.45) is 3.31.